The predicted molar refractivity (Wildman–Crippen MR) is 107 cm³/mol. The van der Waals surface area contributed by atoms with Crippen molar-refractivity contribution in [1.82, 2.24) is 5.32 Å². The summed E-state index contributed by atoms with van der Waals surface area (Å²) in [6, 6.07) is 20.0. The molecule has 148 valence electrons. The molecule has 0 radical (unpaired) electrons. The zero-order valence-corrected chi connectivity index (χ0v) is 15.8. The highest BCUT2D eigenvalue weighted by molar-refractivity contribution is 5.99. The summed E-state index contributed by atoms with van der Waals surface area (Å²) in [7, 11) is 0. The Morgan fingerprint density at radius 2 is 1.69 bits per heavy atom. The molecular formula is C22H20N2O5. The van der Waals surface area contributed by atoms with Crippen molar-refractivity contribution < 1.29 is 23.5 Å². The number of hydrogen-bond donors (Lipinski definition) is 2. The van der Waals surface area contributed by atoms with Crippen molar-refractivity contribution in [2.45, 2.75) is 13.0 Å². The van der Waals surface area contributed by atoms with Crippen molar-refractivity contribution in [2.75, 3.05) is 11.9 Å². The number of hydrogen-bond acceptors (Lipinski definition) is 5. The van der Waals surface area contributed by atoms with Gasteiger partial charge in [0.15, 0.2) is 11.9 Å². The largest absolute Gasteiger partial charge is 0.459 e. The molecule has 1 heterocycles. The fourth-order valence-electron chi connectivity index (χ4n) is 2.64. The molecule has 0 fully saturated rings. The van der Waals surface area contributed by atoms with Gasteiger partial charge in [-0.2, -0.15) is 0 Å². The molecule has 2 aromatic carbocycles. The van der Waals surface area contributed by atoms with Gasteiger partial charge in [-0.1, -0.05) is 48.5 Å². The molecule has 0 aliphatic carbocycles. The first-order valence-electron chi connectivity index (χ1n) is 9.01. The Morgan fingerprint density at radius 3 is 2.41 bits per heavy atom. The van der Waals surface area contributed by atoms with Crippen molar-refractivity contribution >= 4 is 23.5 Å². The third-order valence-corrected chi connectivity index (χ3v) is 4.09. The van der Waals surface area contributed by atoms with E-state index in [1.807, 2.05) is 48.5 Å². The molecule has 0 aliphatic heterocycles. The monoisotopic (exact) mass is 392 g/mol. The summed E-state index contributed by atoms with van der Waals surface area (Å²) in [5, 5.41) is 5.15. The number of esters is 1. The second kappa shape index (κ2) is 9.36. The third-order valence-electron chi connectivity index (χ3n) is 4.09. The lowest BCUT2D eigenvalue weighted by molar-refractivity contribution is -0.152. The topological polar surface area (TPSA) is 97.6 Å². The van der Waals surface area contributed by atoms with E-state index in [9.17, 15) is 14.4 Å². The zero-order valence-electron chi connectivity index (χ0n) is 15.8. The molecule has 3 aromatic rings. The fraction of sp³-hybridized carbons (Fsp3) is 0.136. The number of benzene rings is 2. The molecule has 0 bridgehead atoms. The van der Waals surface area contributed by atoms with Crippen molar-refractivity contribution in [3.63, 3.8) is 0 Å². The second-order valence-corrected chi connectivity index (χ2v) is 6.19. The van der Waals surface area contributed by atoms with E-state index in [1.54, 1.807) is 12.1 Å². The van der Waals surface area contributed by atoms with E-state index in [0.717, 1.165) is 11.1 Å². The highest BCUT2D eigenvalue weighted by Gasteiger charge is 2.20. The maximum Gasteiger partial charge on any atom is 0.326 e. The van der Waals surface area contributed by atoms with Crippen LogP contribution in [0.5, 0.6) is 0 Å². The molecule has 3 rings (SSSR count). The molecule has 1 unspecified atom stereocenters. The molecule has 29 heavy (non-hydrogen) atoms. The molecule has 1 aromatic heterocycles. The standard InChI is InChI=1S/C22H20N2O5/c1-15(29-20(25)14-23-22(27)19-12-7-13-28-19)21(26)24-18-11-6-5-10-17(18)16-8-3-2-4-9-16/h2-13,15H,14H2,1H3,(H,23,27)(H,24,26). The van der Waals surface area contributed by atoms with Gasteiger partial charge in [-0.3, -0.25) is 14.4 Å². The van der Waals surface area contributed by atoms with Crippen LogP contribution in [-0.4, -0.2) is 30.4 Å². The van der Waals surface area contributed by atoms with Gasteiger partial charge >= 0.3 is 5.97 Å². The molecule has 0 aliphatic rings. The van der Waals surface area contributed by atoms with Crippen molar-refractivity contribution in [1.29, 1.82) is 0 Å². The lowest BCUT2D eigenvalue weighted by Crippen LogP contribution is -2.35. The zero-order chi connectivity index (χ0) is 20.6. The van der Waals surface area contributed by atoms with E-state index >= 15 is 0 Å². The van der Waals surface area contributed by atoms with Crippen LogP contribution in [0.25, 0.3) is 11.1 Å². The third kappa shape index (κ3) is 5.32. The van der Waals surface area contributed by atoms with Crippen LogP contribution in [-0.2, 0) is 14.3 Å². The minimum Gasteiger partial charge on any atom is -0.459 e. The normalized spacial score (nSPS) is 11.3. The van der Waals surface area contributed by atoms with Gasteiger partial charge in [0.25, 0.3) is 11.8 Å². The smallest absolute Gasteiger partial charge is 0.326 e. The van der Waals surface area contributed by atoms with E-state index in [1.165, 1.54) is 19.3 Å². The highest BCUT2D eigenvalue weighted by atomic mass is 16.5. The molecular weight excluding hydrogens is 372 g/mol. The Morgan fingerprint density at radius 1 is 0.966 bits per heavy atom. The molecule has 7 nitrogen and oxygen atoms in total. The fourth-order valence-corrected chi connectivity index (χ4v) is 2.64. The predicted octanol–water partition coefficient (Wildman–Crippen LogP) is 3.25. The minimum atomic E-state index is -1.04. The molecule has 0 saturated heterocycles. The Hall–Kier alpha value is -3.87. The van der Waals surface area contributed by atoms with Crippen LogP contribution in [0, 0.1) is 0 Å². The first-order chi connectivity index (χ1) is 14.0. The van der Waals surface area contributed by atoms with Gasteiger partial charge < -0.3 is 19.8 Å². The van der Waals surface area contributed by atoms with E-state index < -0.39 is 23.9 Å². The van der Waals surface area contributed by atoms with Crippen molar-refractivity contribution in [3.8, 4) is 11.1 Å². The van der Waals surface area contributed by atoms with E-state index in [-0.39, 0.29) is 12.3 Å². The van der Waals surface area contributed by atoms with Crippen molar-refractivity contribution in [2.24, 2.45) is 0 Å². The van der Waals surface area contributed by atoms with Gasteiger partial charge in [-0.25, -0.2) is 0 Å². The first-order valence-corrected chi connectivity index (χ1v) is 9.01. The number of rotatable bonds is 7. The summed E-state index contributed by atoms with van der Waals surface area (Å²) < 4.78 is 10.0. The number of carbonyl (C=O) groups excluding carboxylic acids is 3. The van der Waals surface area contributed by atoms with Crippen LogP contribution >= 0.6 is 0 Å². The Balaban J connectivity index is 1.56. The number of amides is 2. The van der Waals surface area contributed by atoms with Gasteiger partial charge in [0, 0.05) is 11.3 Å². The van der Waals surface area contributed by atoms with Crippen LogP contribution in [0.4, 0.5) is 5.69 Å². The SMILES string of the molecule is CC(OC(=O)CNC(=O)c1ccco1)C(=O)Nc1ccccc1-c1ccccc1. The van der Waals surface area contributed by atoms with Crippen LogP contribution in [0.2, 0.25) is 0 Å². The summed E-state index contributed by atoms with van der Waals surface area (Å²) in [6.07, 6.45) is 0.319. The first kappa shape index (κ1) is 19.9. The van der Waals surface area contributed by atoms with Crippen LogP contribution < -0.4 is 10.6 Å². The molecule has 0 spiro atoms. The molecule has 2 amide bonds. The summed E-state index contributed by atoms with van der Waals surface area (Å²) in [5.74, 6) is -1.66. The van der Waals surface area contributed by atoms with Gasteiger partial charge in [0.05, 0.1) is 6.26 Å². The summed E-state index contributed by atoms with van der Waals surface area (Å²) in [6.45, 7) is 1.09. The van der Waals surface area contributed by atoms with E-state index in [2.05, 4.69) is 10.6 Å². The number of furan rings is 1. The lowest BCUT2D eigenvalue weighted by Gasteiger charge is -2.16. The summed E-state index contributed by atoms with van der Waals surface area (Å²) in [4.78, 5) is 36.1. The summed E-state index contributed by atoms with van der Waals surface area (Å²) in [5.41, 5.74) is 2.41. The van der Waals surface area contributed by atoms with E-state index in [4.69, 9.17) is 9.15 Å². The highest BCUT2D eigenvalue weighted by Crippen LogP contribution is 2.27. The molecule has 0 saturated carbocycles. The number of ether oxygens (including phenoxy) is 1. The number of anilines is 1. The number of carbonyl (C=O) groups is 3. The molecule has 7 heteroatoms. The summed E-state index contributed by atoms with van der Waals surface area (Å²) >= 11 is 0. The van der Waals surface area contributed by atoms with Crippen LogP contribution in [0.1, 0.15) is 17.5 Å². The number of nitrogens with one attached hydrogen (secondary N) is 2. The maximum atomic E-state index is 12.5. The Labute approximate surface area is 167 Å². The van der Waals surface area contributed by atoms with Crippen LogP contribution in [0.3, 0.4) is 0 Å². The average Bonchev–Trinajstić information content (AvgIpc) is 3.28. The molecule has 1 atom stereocenters. The number of para-hydroxylation sites is 1. The van der Waals surface area contributed by atoms with Crippen LogP contribution in [0.15, 0.2) is 77.4 Å². The Bertz CT molecular complexity index is 983. The van der Waals surface area contributed by atoms with Gasteiger partial charge in [-0.05, 0) is 30.7 Å². The average molecular weight is 392 g/mol. The lowest BCUT2D eigenvalue weighted by atomic mass is 10.0. The van der Waals surface area contributed by atoms with Crippen molar-refractivity contribution in [3.05, 3.63) is 78.8 Å². The quantitative estimate of drug-likeness (QED) is 0.602. The Kier molecular flexibility index (Phi) is 6.42. The maximum absolute atomic E-state index is 12.5. The van der Waals surface area contributed by atoms with E-state index in [0.29, 0.717) is 5.69 Å². The van der Waals surface area contributed by atoms with Gasteiger partial charge in [0.2, 0.25) is 0 Å². The molecule has 2 N–H and O–H groups in total. The van der Waals surface area contributed by atoms with Gasteiger partial charge in [0.1, 0.15) is 6.54 Å². The van der Waals surface area contributed by atoms with Gasteiger partial charge in [-0.15, -0.1) is 0 Å². The minimum absolute atomic E-state index is 0.0844. The second-order valence-electron chi connectivity index (χ2n) is 6.19.